The normalized spacial score (nSPS) is 8.09. The summed E-state index contributed by atoms with van der Waals surface area (Å²) < 4.78 is 0. The minimum absolute atomic E-state index is 0.125. The Hall–Kier alpha value is -0.340. The fourth-order valence-electron chi connectivity index (χ4n) is 0.658. The summed E-state index contributed by atoms with van der Waals surface area (Å²) in [6, 6.07) is 0. The van der Waals surface area contributed by atoms with Gasteiger partial charge in [0.1, 0.15) is 0 Å². The molecule has 0 atom stereocenters. The topological polar surface area (TPSA) is 40.5 Å². The molecule has 0 saturated carbocycles. The Labute approximate surface area is 69.6 Å². The Morgan fingerprint density at radius 3 is 1.45 bits per heavy atom. The van der Waals surface area contributed by atoms with Crippen LogP contribution >= 0.6 is 0 Å². The van der Waals surface area contributed by atoms with Gasteiger partial charge in [-0.25, -0.2) is 0 Å². The molecule has 2 heteroatoms. The van der Waals surface area contributed by atoms with E-state index >= 15 is 0 Å². The summed E-state index contributed by atoms with van der Waals surface area (Å²) in [6.07, 6.45) is 4.62. The first kappa shape index (κ1) is 13.3. The van der Waals surface area contributed by atoms with E-state index in [0.717, 1.165) is 0 Å². The number of allylic oxidation sites excluding steroid dienone is 2. The van der Waals surface area contributed by atoms with Gasteiger partial charge in [0.15, 0.2) is 0 Å². The lowest BCUT2D eigenvalue weighted by molar-refractivity contribution is 0.186. The Balaban J connectivity index is 0. The molecule has 2 N–H and O–H groups in total. The van der Waals surface area contributed by atoms with Gasteiger partial charge in [-0.1, -0.05) is 25.5 Å². The van der Waals surface area contributed by atoms with Crippen LogP contribution in [0, 0.1) is 0 Å². The molecule has 0 rings (SSSR count). The molecule has 0 unspecified atom stereocenters. The third kappa shape index (κ3) is 12.8. The smallest absolute Gasteiger partial charge is 0.0662 e. The maximum atomic E-state index is 7.62. The van der Waals surface area contributed by atoms with Gasteiger partial charge in [-0.15, -0.1) is 0 Å². The van der Waals surface area contributed by atoms with Crippen LogP contribution < -0.4 is 0 Å². The van der Waals surface area contributed by atoms with Crippen LogP contribution in [0.25, 0.3) is 0 Å². The SMILES string of the molecule is CC=C(CC)CC.OCCO. The lowest BCUT2D eigenvalue weighted by atomic mass is 10.1. The van der Waals surface area contributed by atoms with Crippen molar-refractivity contribution in [3.8, 4) is 0 Å². The number of aliphatic hydroxyl groups excluding tert-OH is 2. The van der Waals surface area contributed by atoms with Gasteiger partial charge in [0.2, 0.25) is 0 Å². The van der Waals surface area contributed by atoms with Crippen molar-refractivity contribution < 1.29 is 10.2 Å². The highest BCUT2D eigenvalue weighted by Crippen LogP contribution is 2.02. The number of aliphatic hydroxyl groups is 2. The predicted octanol–water partition coefficient (Wildman–Crippen LogP) is 1.72. The Morgan fingerprint density at radius 1 is 1.09 bits per heavy atom. The van der Waals surface area contributed by atoms with Crippen molar-refractivity contribution in [2.24, 2.45) is 0 Å². The van der Waals surface area contributed by atoms with E-state index in [2.05, 4.69) is 26.8 Å². The van der Waals surface area contributed by atoms with Crippen LogP contribution in [0.1, 0.15) is 33.6 Å². The molecule has 0 saturated heterocycles. The van der Waals surface area contributed by atoms with Crippen LogP contribution in [0.3, 0.4) is 0 Å². The lowest BCUT2D eigenvalue weighted by Gasteiger charge is -1.93. The number of hydrogen-bond acceptors (Lipinski definition) is 2. The molecule has 0 aliphatic carbocycles. The molecule has 0 aromatic carbocycles. The Bertz CT molecular complexity index is 79.6. The molecule has 0 aromatic rings. The summed E-state index contributed by atoms with van der Waals surface area (Å²) in [6.45, 7) is 6.24. The molecule has 11 heavy (non-hydrogen) atoms. The third-order valence-corrected chi connectivity index (χ3v) is 1.42. The van der Waals surface area contributed by atoms with Gasteiger partial charge >= 0.3 is 0 Å². The van der Waals surface area contributed by atoms with Crippen LogP contribution in [0.4, 0.5) is 0 Å². The van der Waals surface area contributed by atoms with E-state index in [0.29, 0.717) is 0 Å². The minimum Gasteiger partial charge on any atom is -0.394 e. The van der Waals surface area contributed by atoms with E-state index in [9.17, 15) is 0 Å². The zero-order valence-electron chi connectivity index (χ0n) is 7.80. The van der Waals surface area contributed by atoms with Crippen LogP contribution in [0.5, 0.6) is 0 Å². The zero-order valence-corrected chi connectivity index (χ0v) is 7.80. The summed E-state index contributed by atoms with van der Waals surface area (Å²) in [5, 5.41) is 15.2. The first-order valence-electron chi connectivity index (χ1n) is 4.12. The van der Waals surface area contributed by atoms with Crippen molar-refractivity contribution in [3.05, 3.63) is 11.6 Å². The Kier molecular flexibility index (Phi) is 14.9. The molecule has 0 bridgehead atoms. The lowest BCUT2D eigenvalue weighted by Crippen LogP contribution is -1.85. The standard InChI is InChI=1S/C7H14.C2H6O2/c1-4-7(5-2)6-3;3-1-2-4/h4H,5-6H2,1-3H3;3-4H,1-2H2. The summed E-state index contributed by atoms with van der Waals surface area (Å²) in [5.41, 5.74) is 1.56. The van der Waals surface area contributed by atoms with Crippen LogP contribution in [-0.4, -0.2) is 23.4 Å². The van der Waals surface area contributed by atoms with Gasteiger partial charge in [-0.2, -0.15) is 0 Å². The fraction of sp³-hybridized carbons (Fsp3) is 0.778. The second kappa shape index (κ2) is 12.3. The maximum Gasteiger partial charge on any atom is 0.0662 e. The first-order chi connectivity index (χ1) is 5.26. The van der Waals surface area contributed by atoms with Crippen molar-refractivity contribution in [3.63, 3.8) is 0 Å². The molecule has 0 spiro atoms. The van der Waals surface area contributed by atoms with Gasteiger partial charge in [0.05, 0.1) is 13.2 Å². The molecule has 0 amide bonds. The number of hydrogen-bond donors (Lipinski definition) is 2. The van der Waals surface area contributed by atoms with Gasteiger partial charge in [0, 0.05) is 0 Å². The molecule has 0 fully saturated rings. The third-order valence-electron chi connectivity index (χ3n) is 1.42. The Morgan fingerprint density at radius 2 is 1.45 bits per heavy atom. The molecule has 0 aliphatic rings. The molecule has 0 radical (unpaired) electrons. The van der Waals surface area contributed by atoms with Crippen molar-refractivity contribution in [2.45, 2.75) is 33.6 Å². The minimum atomic E-state index is -0.125. The van der Waals surface area contributed by atoms with Gasteiger partial charge in [-0.05, 0) is 19.8 Å². The van der Waals surface area contributed by atoms with E-state index in [-0.39, 0.29) is 13.2 Å². The second-order valence-corrected chi connectivity index (χ2v) is 2.10. The van der Waals surface area contributed by atoms with Gasteiger partial charge < -0.3 is 10.2 Å². The summed E-state index contributed by atoms with van der Waals surface area (Å²) >= 11 is 0. The molecular formula is C9H20O2. The average molecular weight is 160 g/mol. The molecule has 0 aliphatic heterocycles. The summed E-state index contributed by atoms with van der Waals surface area (Å²) in [5.74, 6) is 0. The molecule has 2 nitrogen and oxygen atoms in total. The molecule has 0 aromatic heterocycles. The quantitative estimate of drug-likeness (QED) is 0.617. The van der Waals surface area contributed by atoms with E-state index in [4.69, 9.17) is 10.2 Å². The highest BCUT2D eigenvalue weighted by Gasteiger charge is 1.82. The highest BCUT2D eigenvalue weighted by atomic mass is 16.3. The van der Waals surface area contributed by atoms with E-state index in [1.807, 2.05) is 0 Å². The average Bonchev–Trinajstić information content (AvgIpc) is 2.08. The van der Waals surface area contributed by atoms with Crippen molar-refractivity contribution in [1.29, 1.82) is 0 Å². The van der Waals surface area contributed by atoms with E-state index < -0.39 is 0 Å². The maximum absolute atomic E-state index is 7.62. The van der Waals surface area contributed by atoms with Crippen LogP contribution in [0.2, 0.25) is 0 Å². The number of rotatable bonds is 3. The van der Waals surface area contributed by atoms with E-state index in [1.54, 1.807) is 5.57 Å². The monoisotopic (exact) mass is 160 g/mol. The van der Waals surface area contributed by atoms with Crippen molar-refractivity contribution in [1.82, 2.24) is 0 Å². The molecule has 0 heterocycles. The second-order valence-electron chi connectivity index (χ2n) is 2.10. The van der Waals surface area contributed by atoms with Crippen molar-refractivity contribution >= 4 is 0 Å². The summed E-state index contributed by atoms with van der Waals surface area (Å²) in [7, 11) is 0. The fourth-order valence-corrected chi connectivity index (χ4v) is 0.658. The largest absolute Gasteiger partial charge is 0.394 e. The van der Waals surface area contributed by atoms with Crippen LogP contribution in [-0.2, 0) is 0 Å². The van der Waals surface area contributed by atoms with Gasteiger partial charge in [0.25, 0.3) is 0 Å². The molecular weight excluding hydrogens is 140 g/mol. The molecule has 68 valence electrons. The predicted molar refractivity (Wildman–Crippen MR) is 48.5 cm³/mol. The van der Waals surface area contributed by atoms with Gasteiger partial charge in [-0.3, -0.25) is 0 Å². The van der Waals surface area contributed by atoms with Crippen molar-refractivity contribution in [2.75, 3.05) is 13.2 Å². The van der Waals surface area contributed by atoms with E-state index in [1.165, 1.54) is 12.8 Å². The highest BCUT2D eigenvalue weighted by molar-refractivity contribution is 4.97. The first-order valence-corrected chi connectivity index (χ1v) is 4.12. The van der Waals surface area contributed by atoms with Crippen LogP contribution in [0.15, 0.2) is 11.6 Å². The summed E-state index contributed by atoms with van der Waals surface area (Å²) in [4.78, 5) is 0. The zero-order chi connectivity index (χ0) is 9.11.